The van der Waals surface area contributed by atoms with Gasteiger partial charge in [0.1, 0.15) is 0 Å². The summed E-state index contributed by atoms with van der Waals surface area (Å²) < 4.78 is 0. The number of rotatable bonds is 6. The number of nitrogens with one attached hydrogen (secondary N) is 2. The number of hydrogen-bond donors (Lipinski definition) is 2. The number of anilines is 2. The van der Waals surface area contributed by atoms with Crippen LogP contribution >= 0.6 is 11.3 Å². The van der Waals surface area contributed by atoms with E-state index >= 15 is 0 Å². The Hall–Kier alpha value is -2.09. The van der Waals surface area contributed by atoms with E-state index in [0.29, 0.717) is 6.04 Å². The number of para-hydroxylation sites is 1. The summed E-state index contributed by atoms with van der Waals surface area (Å²) in [5.41, 5.74) is 2.23. The van der Waals surface area contributed by atoms with E-state index in [9.17, 15) is 4.79 Å². The molecule has 0 radical (unpaired) electrons. The molecule has 4 atom stereocenters. The van der Waals surface area contributed by atoms with Crippen LogP contribution in [0, 0.1) is 11.8 Å². The van der Waals surface area contributed by atoms with E-state index in [4.69, 9.17) is 0 Å². The van der Waals surface area contributed by atoms with Crippen LogP contribution in [0.5, 0.6) is 0 Å². The van der Waals surface area contributed by atoms with Gasteiger partial charge in [-0.1, -0.05) is 18.2 Å². The third-order valence-corrected chi connectivity index (χ3v) is 7.96. The first-order valence-electron chi connectivity index (χ1n) is 11.6. The van der Waals surface area contributed by atoms with Crippen LogP contribution in [0.4, 0.5) is 16.2 Å². The topological polar surface area (TPSA) is 50.9 Å². The van der Waals surface area contributed by atoms with Crippen molar-refractivity contribution in [3.63, 3.8) is 0 Å². The Morgan fingerprint density at radius 2 is 1.90 bits per heavy atom. The summed E-state index contributed by atoms with van der Waals surface area (Å²) in [4.78, 5) is 20.0. The molecule has 0 aliphatic carbocycles. The van der Waals surface area contributed by atoms with Gasteiger partial charge in [0.15, 0.2) is 0 Å². The minimum Gasteiger partial charge on any atom is -0.369 e. The third kappa shape index (κ3) is 5.05. The minimum atomic E-state index is -0.0890. The van der Waals surface area contributed by atoms with Gasteiger partial charge in [-0.05, 0) is 54.8 Å². The molecule has 4 unspecified atom stereocenters. The van der Waals surface area contributed by atoms with E-state index < -0.39 is 0 Å². The highest BCUT2D eigenvalue weighted by Gasteiger charge is 2.40. The predicted molar refractivity (Wildman–Crippen MR) is 128 cm³/mol. The second-order valence-corrected chi connectivity index (χ2v) is 9.94. The van der Waals surface area contributed by atoms with Crippen LogP contribution in [0.15, 0.2) is 47.2 Å². The zero-order valence-corrected chi connectivity index (χ0v) is 18.9. The number of piperidine rings is 3. The molecule has 5 heterocycles. The Kier molecular flexibility index (Phi) is 6.43. The summed E-state index contributed by atoms with van der Waals surface area (Å²) in [5.74, 6) is 1.57. The summed E-state index contributed by atoms with van der Waals surface area (Å²) in [7, 11) is 0. The standard InChI is InChI=1S/C24H33N5OS/c30-24(26-21-7-13-31-18-21)25-15-23-14-19-6-8-29(23)17-20(19)16-27-9-11-28(12-10-27)22-4-2-1-3-5-22/h1-5,7,13,18-20,23H,6,8-12,14-17H2,(H2,25,26,30). The van der Waals surface area contributed by atoms with Crippen molar-refractivity contribution in [1.82, 2.24) is 15.1 Å². The van der Waals surface area contributed by atoms with Crippen molar-refractivity contribution in [3.8, 4) is 0 Å². The minimum absolute atomic E-state index is 0.0890. The number of thiophene rings is 1. The van der Waals surface area contributed by atoms with Crippen molar-refractivity contribution in [2.24, 2.45) is 11.8 Å². The number of benzene rings is 1. The first-order valence-corrected chi connectivity index (χ1v) is 12.5. The Balaban J connectivity index is 1.06. The molecule has 7 heteroatoms. The maximum atomic E-state index is 12.2. The molecule has 1 aromatic heterocycles. The quantitative estimate of drug-likeness (QED) is 0.724. The third-order valence-electron chi connectivity index (χ3n) is 7.28. The molecular formula is C24H33N5OS. The first-order chi connectivity index (χ1) is 15.2. The maximum Gasteiger partial charge on any atom is 0.319 e. The van der Waals surface area contributed by atoms with Gasteiger partial charge in [-0.3, -0.25) is 9.80 Å². The molecule has 0 spiro atoms. The lowest BCUT2D eigenvalue weighted by atomic mass is 9.75. The van der Waals surface area contributed by atoms with Crippen molar-refractivity contribution in [3.05, 3.63) is 47.2 Å². The molecule has 2 N–H and O–H groups in total. The van der Waals surface area contributed by atoms with Gasteiger partial charge in [0.2, 0.25) is 0 Å². The van der Waals surface area contributed by atoms with Gasteiger partial charge in [-0.25, -0.2) is 4.79 Å². The summed E-state index contributed by atoms with van der Waals surface area (Å²) in [6, 6.07) is 13.1. The number of nitrogens with zero attached hydrogens (tertiary/aromatic N) is 3. The Bertz CT molecular complexity index is 837. The van der Waals surface area contributed by atoms with Crippen LogP contribution in [-0.4, -0.2) is 74.2 Å². The van der Waals surface area contributed by atoms with Gasteiger partial charge >= 0.3 is 6.03 Å². The molecule has 4 saturated heterocycles. The Labute approximate surface area is 189 Å². The number of amides is 2. The van der Waals surface area contributed by atoms with Crippen molar-refractivity contribution >= 4 is 28.7 Å². The number of carbonyl (C=O) groups is 1. The van der Waals surface area contributed by atoms with E-state index in [1.807, 2.05) is 16.8 Å². The molecule has 166 valence electrons. The van der Waals surface area contributed by atoms with E-state index in [2.05, 4.69) is 55.7 Å². The van der Waals surface area contributed by atoms with Crippen LogP contribution in [0.3, 0.4) is 0 Å². The smallest absolute Gasteiger partial charge is 0.319 e. The van der Waals surface area contributed by atoms with Crippen LogP contribution in [0.2, 0.25) is 0 Å². The van der Waals surface area contributed by atoms with Gasteiger partial charge in [0, 0.05) is 62.9 Å². The zero-order chi connectivity index (χ0) is 21.0. The molecule has 4 fully saturated rings. The molecule has 2 aromatic rings. The van der Waals surface area contributed by atoms with E-state index in [0.717, 1.165) is 50.2 Å². The average molecular weight is 440 g/mol. The SMILES string of the molecule is O=C(NCC1CC2CCN1CC2CN1CCN(c2ccccc2)CC1)Nc1ccsc1. The molecule has 4 aliphatic rings. The van der Waals surface area contributed by atoms with Crippen LogP contribution in [-0.2, 0) is 0 Å². The number of carbonyl (C=O) groups excluding carboxylic acids is 1. The van der Waals surface area contributed by atoms with E-state index in [-0.39, 0.29) is 6.03 Å². The van der Waals surface area contributed by atoms with Gasteiger partial charge in [0.05, 0.1) is 5.69 Å². The summed E-state index contributed by atoms with van der Waals surface area (Å²) in [6.07, 6.45) is 2.53. The van der Waals surface area contributed by atoms with Crippen LogP contribution in [0.25, 0.3) is 0 Å². The highest BCUT2D eigenvalue weighted by Crippen LogP contribution is 2.36. The van der Waals surface area contributed by atoms with E-state index in [1.165, 1.54) is 38.2 Å². The van der Waals surface area contributed by atoms with Crippen molar-refractivity contribution in [2.45, 2.75) is 18.9 Å². The lowest BCUT2D eigenvalue weighted by molar-refractivity contribution is -0.0114. The Morgan fingerprint density at radius 3 is 2.61 bits per heavy atom. The summed E-state index contributed by atoms with van der Waals surface area (Å²) >= 11 is 1.59. The van der Waals surface area contributed by atoms with Crippen molar-refractivity contribution in [2.75, 3.05) is 62.6 Å². The molecule has 4 aliphatic heterocycles. The normalized spacial score (nSPS) is 28.5. The Morgan fingerprint density at radius 1 is 1.06 bits per heavy atom. The average Bonchev–Trinajstić information content (AvgIpc) is 3.32. The van der Waals surface area contributed by atoms with E-state index in [1.54, 1.807) is 11.3 Å². The fourth-order valence-electron chi connectivity index (χ4n) is 5.55. The highest BCUT2D eigenvalue weighted by atomic mass is 32.1. The number of urea groups is 1. The van der Waals surface area contributed by atoms with Gasteiger partial charge in [0.25, 0.3) is 0 Å². The second kappa shape index (κ2) is 9.59. The second-order valence-electron chi connectivity index (χ2n) is 9.16. The molecule has 6 rings (SSSR count). The van der Waals surface area contributed by atoms with Gasteiger partial charge in [-0.15, -0.1) is 0 Å². The van der Waals surface area contributed by atoms with Gasteiger partial charge < -0.3 is 15.5 Å². The lowest BCUT2D eigenvalue weighted by Crippen LogP contribution is -2.59. The molecule has 6 nitrogen and oxygen atoms in total. The largest absolute Gasteiger partial charge is 0.369 e. The molecule has 2 bridgehead atoms. The van der Waals surface area contributed by atoms with Crippen LogP contribution in [0.1, 0.15) is 12.8 Å². The highest BCUT2D eigenvalue weighted by molar-refractivity contribution is 7.08. The fraction of sp³-hybridized carbons (Fsp3) is 0.542. The zero-order valence-electron chi connectivity index (χ0n) is 18.1. The molecule has 1 aromatic carbocycles. The monoisotopic (exact) mass is 439 g/mol. The number of hydrogen-bond acceptors (Lipinski definition) is 5. The maximum absolute atomic E-state index is 12.2. The molecule has 0 saturated carbocycles. The predicted octanol–water partition coefficient (Wildman–Crippen LogP) is 3.40. The van der Waals surface area contributed by atoms with Gasteiger partial charge in [-0.2, -0.15) is 11.3 Å². The molecule has 2 amide bonds. The fourth-order valence-corrected chi connectivity index (χ4v) is 6.14. The molecule has 31 heavy (non-hydrogen) atoms. The van der Waals surface area contributed by atoms with Crippen molar-refractivity contribution in [1.29, 1.82) is 0 Å². The summed E-state index contributed by atoms with van der Waals surface area (Å²) in [5, 5.41) is 9.93. The number of piperazine rings is 1. The summed E-state index contributed by atoms with van der Waals surface area (Å²) in [6.45, 7) is 8.90. The molecular weight excluding hydrogens is 406 g/mol. The van der Waals surface area contributed by atoms with Crippen LogP contribution < -0.4 is 15.5 Å². The number of fused-ring (bicyclic) bond motifs is 3. The first kappa shape index (κ1) is 20.8. The van der Waals surface area contributed by atoms with Crippen molar-refractivity contribution < 1.29 is 4.79 Å². The lowest BCUT2D eigenvalue weighted by Gasteiger charge is -2.51.